The molecule has 0 aliphatic carbocycles. The number of nitrogens with zero attached hydrogens (tertiary/aromatic N) is 2. The molecule has 2 amide bonds. The molecule has 1 aromatic carbocycles. The first-order valence-corrected chi connectivity index (χ1v) is 9.15. The summed E-state index contributed by atoms with van der Waals surface area (Å²) in [5.41, 5.74) is 0.568. The van der Waals surface area contributed by atoms with Crippen molar-refractivity contribution in [1.29, 1.82) is 0 Å². The van der Waals surface area contributed by atoms with Crippen LogP contribution in [0.2, 0.25) is 0 Å². The topological polar surface area (TPSA) is 71.1 Å². The number of piperazine rings is 1. The fourth-order valence-corrected chi connectivity index (χ4v) is 3.60. The smallest absolute Gasteiger partial charge is 0.254 e. The van der Waals surface area contributed by atoms with E-state index in [0.717, 1.165) is 25.9 Å². The summed E-state index contributed by atoms with van der Waals surface area (Å²) >= 11 is 0. The molecule has 0 spiro atoms. The Morgan fingerprint density at radius 3 is 2.35 bits per heavy atom. The van der Waals surface area contributed by atoms with Gasteiger partial charge in [-0.2, -0.15) is 0 Å². The highest BCUT2D eigenvalue weighted by Crippen LogP contribution is 2.28. The Labute approximate surface area is 154 Å². The Bertz CT molecular complexity index is 650. The molecule has 0 saturated carbocycles. The number of hydrogen-bond acceptors (Lipinski definition) is 5. The number of hydrogen-bond donors (Lipinski definition) is 1. The van der Waals surface area contributed by atoms with E-state index in [4.69, 9.17) is 9.47 Å². The molecule has 2 fully saturated rings. The summed E-state index contributed by atoms with van der Waals surface area (Å²) in [6.45, 7) is 4.06. The Morgan fingerprint density at radius 2 is 1.73 bits per heavy atom. The van der Waals surface area contributed by atoms with E-state index in [1.807, 2.05) is 4.90 Å². The van der Waals surface area contributed by atoms with E-state index < -0.39 is 0 Å². The lowest BCUT2D eigenvalue weighted by molar-refractivity contribution is -0.137. The van der Waals surface area contributed by atoms with E-state index in [9.17, 15) is 9.59 Å². The van der Waals surface area contributed by atoms with Crippen LogP contribution < -0.4 is 14.8 Å². The molecule has 2 aliphatic rings. The first kappa shape index (κ1) is 18.5. The first-order chi connectivity index (χ1) is 12.6. The average Bonchev–Trinajstić information content (AvgIpc) is 2.73. The monoisotopic (exact) mass is 361 g/mol. The Kier molecular flexibility index (Phi) is 5.98. The molecule has 0 aromatic heterocycles. The van der Waals surface area contributed by atoms with E-state index >= 15 is 0 Å². The zero-order valence-corrected chi connectivity index (χ0v) is 15.5. The van der Waals surface area contributed by atoms with Crippen molar-refractivity contribution in [2.45, 2.75) is 12.8 Å². The molecule has 1 unspecified atom stereocenters. The molecule has 1 aromatic rings. The molecule has 3 rings (SSSR count). The summed E-state index contributed by atoms with van der Waals surface area (Å²) in [7, 11) is 3.12. The van der Waals surface area contributed by atoms with Gasteiger partial charge in [-0.15, -0.1) is 0 Å². The van der Waals surface area contributed by atoms with Gasteiger partial charge >= 0.3 is 0 Å². The summed E-state index contributed by atoms with van der Waals surface area (Å²) in [5, 5.41) is 3.29. The van der Waals surface area contributed by atoms with Gasteiger partial charge in [0.25, 0.3) is 5.91 Å². The zero-order chi connectivity index (χ0) is 18.5. The van der Waals surface area contributed by atoms with Gasteiger partial charge in [-0.3, -0.25) is 9.59 Å². The van der Waals surface area contributed by atoms with Gasteiger partial charge in [0.2, 0.25) is 5.91 Å². The molecule has 26 heavy (non-hydrogen) atoms. The van der Waals surface area contributed by atoms with Crippen molar-refractivity contribution in [3.63, 3.8) is 0 Å². The van der Waals surface area contributed by atoms with Crippen LogP contribution in [0.25, 0.3) is 0 Å². The molecule has 7 nitrogen and oxygen atoms in total. The molecule has 2 saturated heterocycles. The third-order valence-electron chi connectivity index (χ3n) is 5.16. The second kappa shape index (κ2) is 8.40. The molecule has 7 heteroatoms. The summed E-state index contributed by atoms with van der Waals surface area (Å²) < 4.78 is 10.5. The van der Waals surface area contributed by atoms with Gasteiger partial charge in [-0.1, -0.05) is 0 Å². The highest BCUT2D eigenvalue weighted by atomic mass is 16.5. The lowest BCUT2D eigenvalue weighted by atomic mass is 9.98. The number of nitrogens with one attached hydrogen (secondary N) is 1. The summed E-state index contributed by atoms with van der Waals surface area (Å²) in [6, 6.07) is 5.18. The van der Waals surface area contributed by atoms with Crippen LogP contribution in [-0.4, -0.2) is 75.1 Å². The van der Waals surface area contributed by atoms with Crippen molar-refractivity contribution in [3.05, 3.63) is 23.8 Å². The standard InChI is InChI=1S/C19H27N3O4/c1-25-16-6-5-14(12-17(16)26-2)18(23)21-8-10-22(11-9-21)19(24)15-4-3-7-20-13-15/h5-6,12,15,20H,3-4,7-11,13H2,1-2H3. The average molecular weight is 361 g/mol. The SMILES string of the molecule is COc1ccc(C(=O)N2CCN(C(=O)C3CCCNC3)CC2)cc1OC. The molecule has 2 aliphatic heterocycles. The fourth-order valence-electron chi connectivity index (χ4n) is 3.60. The molecular formula is C19H27N3O4. The van der Waals surface area contributed by atoms with Gasteiger partial charge < -0.3 is 24.6 Å². The van der Waals surface area contributed by atoms with Crippen LogP contribution in [0.3, 0.4) is 0 Å². The number of benzene rings is 1. The number of methoxy groups -OCH3 is 2. The van der Waals surface area contributed by atoms with Crippen LogP contribution >= 0.6 is 0 Å². The summed E-state index contributed by atoms with van der Waals surface area (Å²) in [6.07, 6.45) is 2.00. The van der Waals surface area contributed by atoms with Crippen LogP contribution in [0, 0.1) is 5.92 Å². The quantitative estimate of drug-likeness (QED) is 0.866. The second-order valence-corrected chi connectivity index (χ2v) is 6.73. The van der Waals surface area contributed by atoms with Crippen LogP contribution in [0.15, 0.2) is 18.2 Å². The maximum absolute atomic E-state index is 12.8. The maximum atomic E-state index is 12.8. The minimum Gasteiger partial charge on any atom is -0.493 e. The normalized spacial score (nSPS) is 20.6. The molecule has 142 valence electrons. The number of amides is 2. The zero-order valence-electron chi connectivity index (χ0n) is 15.5. The maximum Gasteiger partial charge on any atom is 0.254 e. The second-order valence-electron chi connectivity index (χ2n) is 6.73. The fraction of sp³-hybridized carbons (Fsp3) is 0.579. The molecule has 0 bridgehead atoms. The Morgan fingerprint density at radius 1 is 1.04 bits per heavy atom. The first-order valence-electron chi connectivity index (χ1n) is 9.15. The van der Waals surface area contributed by atoms with Crippen LogP contribution in [0.1, 0.15) is 23.2 Å². The molecule has 1 N–H and O–H groups in total. The van der Waals surface area contributed by atoms with Gasteiger partial charge in [-0.25, -0.2) is 0 Å². The summed E-state index contributed by atoms with van der Waals surface area (Å²) in [4.78, 5) is 29.1. The van der Waals surface area contributed by atoms with Crippen molar-refractivity contribution >= 4 is 11.8 Å². The largest absolute Gasteiger partial charge is 0.493 e. The molecule has 1 atom stereocenters. The van der Waals surface area contributed by atoms with E-state index in [0.29, 0.717) is 43.2 Å². The predicted octanol–water partition coefficient (Wildman–Crippen LogP) is 0.988. The van der Waals surface area contributed by atoms with Gasteiger partial charge in [0.1, 0.15) is 0 Å². The molecule has 0 radical (unpaired) electrons. The van der Waals surface area contributed by atoms with Crippen LogP contribution in [-0.2, 0) is 4.79 Å². The number of carbonyl (C=O) groups is 2. The minimum absolute atomic E-state index is 0.0441. The Balaban J connectivity index is 1.59. The van der Waals surface area contributed by atoms with Crippen LogP contribution in [0.5, 0.6) is 11.5 Å². The highest BCUT2D eigenvalue weighted by Gasteiger charge is 2.30. The number of piperidine rings is 1. The van der Waals surface area contributed by atoms with Crippen molar-refractivity contribution in [2.75, 3.05) is 53.5 Å². The third-order valence-corrected chi connectivity index (χ3v) is 5.16. The Hall–Kier alpha value is -2.28. The minimum atomic E-state index is -0.0441. The highest BCUT2D eigenvalue weighted by molar-refractivity contribution is 5.95. The van der Waals surface area contributed by atoms with Gasteiger partial charge in [0, 0.05) is 38.3 Å². The number of rotatable bonds is 4. The number of carbonyl (C=O) groups excluding carboxylic acids is 2. The van der Waals surface area contributed by atoms with Crippen molar-refractivity contribution < 1.29 is 19.1 Å². The lowest BCUT2D eigenvalue weighted by Gasteiger charge is -2.37. The van der Waals surface area contributed by atoms with Gasteiger partial charge in [-0.05, 0) is 37.6 Å². The van der Waals surface area contributed by atoms with E-state index in [-0.39, 0.29) is 17.7 Å². The summed E-state index contributed by atoms with van der Waals surface area (Å²) in [5.74, 6) is 1.39. The molecule has 2 heterocycles. The van der Waals surface area contributed by atoms with Crippen molar-refractivity contribution in [1.82, 2.24) is 15.1 Å². The lowest BCUT2D eigenvalue weighted by Crippen LogP contribution is -2.53. The van der Waals surface area contributed by atoms with E-state index in [1.165, 1.54) is 0 Å². The number of ether oxygens (including phenoxy) is 2. The van der Waals surface area contributed by atoms with E-state index in [2.05, 4.69) is 5.32 Å². The third kappa shape index (κ3) is 3.93. The van der Waals surface area contributed by atoms with Crippen molar-refractivity contribution in [3.8, 4) is 11.5 Å². The molecular weight excluding hydrogens is 334 g/mol. The van der Waals surface area contributed by atoms with Crippen molar-refractivity contribution in [2.24, 2.45) is 5.92 Å². The van der Waals surface area contributed by atoms with E-state index in [1.54, 1.807) is 37.3 Å². The predicted molar refractivity (Wildman–Crippen MR) is 97.6 cm³/mol. The van der Waals surface area contributed by atoms with Gasteiger partial charge in [0.05, 0.1) is 20.1 Å². The van der Waals surface area contributed by atoms with Crippen LogP contribution in [0.4, 0.5) is 0 Å². The van der Waals surface area contributed by atoms with Gasteiger partial charge in [0.15, 0.2) is 11.5 Å².